The van der Waals surface area contributed by atoms with E-state index in [2.05, 4.69) is 10.6 Å². The van der Waals surface area contributed by atoms with Gasteiger partial charge < -0.3 is 21.3 Å². The predicted molar refractivity (Wildman–Crippen MR) is 83.8 cm³/mol. The first-order chi connectivity index (χ1) is 10.1. The molecule has 0 aliphatic carbocycles. The van der Waals surface area contributed by atoms with E-state index >= 15 is 0 Å². The lowest BCUT2D eigenvalue weighted by molar-refractivity contribution is -0.143. The summed E-state index contributed by atoms with van der Waals surface area (Å²) in [5.41, 5.74) is 4.91. The van der Waals surface area contributed by atoms with Crippen LogP contribution in [0.5, 0.6) is 0 Å². The molecule has 0 spiro atoms. The molecule has 7 heteroatoms. The number of likely N-dealkylation sites (N-methyl/N-ethyl adjacent to an activating group) is 1. The normalized spacial score (nSPS) is 21.3. The van der Waals surface area contributed by atoms with E-state index in [4.69, 9.17) is 5.73 Å². The van der Waals surface area contributed by atoms with Crippen molar-refractivity contribution >= 4 is 17.7 Å². The standard InChI is InChI=1S/C15H28N4O3/c1-9(17-5)13(21)18-11(15(2,3)4)14(22)19-8-6-7-10(19)12(16)20/h9-11,17H,6-8H2,1-5H3,(H2,16,20)(H,18,21)/t9-,10-,11+/m0/s1. The van der Waals surface area contributed by atoms with Crippen molar-refractivity contribution in [3.05, 3.63) is 0 Å². The van der Waals surface area contributed by atoms with E-state index in [1.165, 1.54) is 4.90 Å². The molecule has 1 rings (SSSR count). The molecule has 126 valence electrons. The summed E-state index contributed by atoms with van der Waals surface area (Å²) in [6.07, 6.45) is 1.33. The maximum atomic E-state index is 12.8. The van der Waals surface area contributed by atoms with Crippen LogP contribution in [0.15, 0.2) is 0 Å². The fourth-order valence-corrected chi connectivity index (χ4v) is 2.54. The van der Waals surface area contributed by atoms with Crippen molar-refractivity contribution in [1.82, 2.24) is 15.5 Å². The number of amides is 3. The van der Waals surface area contributed by atoms with Crippen LogP contribution < -0.4 is 16.4 Å². The molecule has 0 aromatic heterocycles. The first-order valence-electron chi connectivity index (χ1n) is 7.67. The van der Waals surface area contributed by atoms with Crippen molar-refractivity contribution in [2.75, 3.05) is 13.6 Å². The molecule has 1 heterocycles. The van der Waals surface area contributed by atoms with Gasteiger partial charge in [-0.25, -0.2) is 0 Å². The molecule has 1 fully saturated rings. The average molecular weight is 312 g/mol. The van der Waals surface area contributed by atoms with Crippen LogP contribution in [0.3, 0.4) is 0 Å². The zero-order valence-corrected chi connectivity index (χ0v) is 14.1. The molecular formula is C15H28N4O3. The number of primary amides is 1. The van der Waals surface area contributed by atoms with E-state index in [1.807, 2.05) is 20.8 Å². The highest BCUT2D eigenvalue weighted by Crippen LogP contribution is 2.25. The first-order valence-corrected chi connectivity index (χ1v) is 7.67. The van der Waals surface area contributed by atoms with E-state index in [0.29, 0.717) is 13.0 Å². The average Bonchev–Trinajstić information content (AvgIpc) is 2.91. The zero-order valence-electron chi connectivity index (χ0n) is 14.1. The lowest BCUT2D eigenvalue weighted by atomic mass is 9.85. The van der Waals surface area contributed by atoms with Crippen molar-refractivity contribution in [3.63, 3.8) is 0 Å². The Bertz CT molecular complexity index is 445. The second-order valence-electron chi connectivity index (χ2n) is 6.91. The summed E-state index contributed by atoms with van der Waals surface area (Å²) < 4.78 is 0. The van der Waals surface area contributed by atoms with Crippen LogP contribution >= 0.6 is 0 Å². The van der Waals surface area contributed by atoms with Crippen LogP contribution in [0.25, 0.3) is 0 Å². The summed E-state index contributed by atoms with van der Waals surface area (Å²) in [6, 6.07) is -1.67. The van der Waals surface area contributed by atoms with Crippen LogP contribution in [0.1, 0.15) is 40.5 Å². The van der Waals surface area contributed by atoms with Crippen molar-refractivity contribution in [2.45, 2.75) is 58.7 Å². The van der Waals surface area contributed by atoms with E-state index in [-0.39, 0.29) is 11.8 Å². The van der Waals surface area contributed by atoms with Gasteiger partial charge in [0.15, 0.2) is 0 Å². The van der Waals surface area contributed by atoms with Gasteiger partial charge in [-0.2, -0.15) is 0 Å². The number of carbonyl (C=O) groups excluding carboxylic acids is 3. The van der Waals surface area contributed by atoms with Crippen molar-refractivity contribution in [2.24, 2.45) is 11.1 Å². The van der Waals surface area contributed by atoms with E-state index in [9.17, 15) is 14.4 Å². The van der Waals surface area contributed by atoms with Crippen LogP contribution in [0.2, 0.25) is 0 Å². The quantitative estimate of drug-likeness (QED) is 0.642. The van der Waals surface area contributed by atoms with Gasteiger partial charge in [-0.3, -0.25) is 14.4 Å². The van der Waals surface area contributed by atoms with Gasteiger partial charge in [-0.1, -0.05) is 20.8 Å². The number of rotatable bonds is 5. The first kappa shape index (κ1) is 18.4. The van der Waals surface area contributed by atoms with E-state index in [1.54, 1.807) is 14.0 Å². The highest BCUT2D eigenvalue weighted by Gasteiger charge is 2.41. The monoisotopic (exact) mass is 312 g/mol. The van der Waals surface area contributed by atoms with Gasteiger partial charge in [-0.05, 0) is 32.2 Å². The second-order valence-corrected chi connectivity index (χ2v) is 6.91. The largest absolute Gasteiger partial charge is 0.368 e. The van der Waals surface area contributed by atoms with Crippen LogP contribution in [-0.4, -0.2) is 54.3 Å². The van der Waals surface area contributed by atoms with Crippen LogP contribution in [0, 0.1) is 5.41 Å². The topological polar surface area (TPSA) is 105 Å². The SMILES string of the molecule is CN[C@@H](C)C(=O)N[C@H](C(=O)N1CCC[C@H]1C(N)=O)C(C)(C)C. The van der Waals surface area contributed by atoms with Gasteiger partial charge in [0.1, 0.15) is 12.1 Å². The van der Waals surface area contributed by atoms with Gasteiger partial charge in [0.05, 0.1) is 6.04 Å². The molecule has 1 saturated heterocycles. The molecule has 0 aromatic carbocycles. The molecule has 3 amide bonds. The predicted octanol–water partition coefficient (Wildman–Crippen LogP) is -0.398. The summed E-state index contributed by atoms with van der Waals surface area (Å²) >= 11 is 0. The molecule has 0 unspecified atom stereocenters. The molecule has 22 heavy (non-hydrogen) atoms. The Morgan fingerprint density at radius 1 is 1.27 bits per heavy atom. The van der Waals surface area contributed by atoms with Gasteiger partial charge >= 0.3 is 0 Å². The Morgan fingerprint density at radius 2 is 1.86 bits per heavy atom. The minimum Gasteiger partial charge on any atom is -0.368 e. The van der Waals surface area contributed by atoms with Gasteiger partial charge in [0.2, 0.25) is 17.7 Å². The third-order valence-corrected chi connectivity index (χ3v) is 4.09. The van der Waals surface area contributed by atoms with Crippen molar-refractivity contribution in [1.29, 1.82) is 0 Å². The Hall–Kier alpha value is -1.63. The molecule has 0 bridgehead atoms. The number of nitrogens with zero attached hydrogens (tertiary/aromatic N) is 1. The number of carbonyl (C=O) groups is 3. The number of nitrogens with one attached hydrogen (secondary N) is 2. The molecular weight excluding hydrogens is 284 g/mol. The number of hydrogen-bond donors (Lipinski definition) is 3. The van der Waals surface area contributed by atoms with Crippen molar-refractivity contribution < 1.29 is 14.4 Å². The lowest BCUT2D eigenvalue weighted by Crippen LogP contribution is -2.59. The Morgan fingerprint density at radius 3 is 2.32 bits per heavy atom. The summed E-state index contributed by atoms with van der Waals surface area (Å²) in [5.74, 6) is -0.982. The fraction of sp³-hybridized carbons (Fsp3) is 0.800. The van der Waals surface area contributed by atoms with Gasteiger partial charge in [-0.15, -0.1) is 0 Å². The molecule has 0 aromatic rings. The Labute approximate surface area is 132 Å². The highest BCUT2D eigenvalue weighted by atomic mass is 16.2. The summed E-state index contributed by atoms with van der Waals surface area (Å²) in [6.45, 7) is 7.87. The third kappa shape index (κ3) is 4.19. The number of likely N-dealkylation sites (tertiary alicyclic amines) is 1. The Kier molecular flexibility index (Phi) is 5.93. The summed E-state index contributed by atoms with van der Waals surface area (Å²) in [7, 11) is 1.68. The van der Waals surface area contributed by atoms with Gasteiger partial charge in [0, 0.05) is 6.54 Å². The molecule has 7 nitrogen and oxygen atoms in total. The molecule has 3 atom stereocenters. The minimum absolute atomic E-state index is 0.245. The molecule has 0 radical (unpaired) electrons. The summed E-state index contributed by atoms with van der Waals surface area (Å²) in [4.78, 5) is 38.0. The molecule has 4 N–H and O–H groups in total. The van der Waals surface area contributed by atoms with Crippen molar-refractivity contribution in [3.8, 4) is 0 Å². The maximum Gasteiger partial charge on any atom is 0.246 e. The highest BCUT2D eigenvalue weighted by molar-refractivity contribution is 5.93. The van der Waals surface area contributed by atoms with E-state index < -0.39 is 29.4 Å². The zero-order chi connectivity index (χ0) is 17.1. The third-order valence-electron chi connectivity index (χ3n) is 4.09. The molecule has 1 aliphatic rings. The van der Waals surface area contributed by atoms with E-state index in [0.717, 1.165) is 6.42 Å². The second kappa shape index (κ2) is 7.09. The maximum absolute atomic E-state index is 12.8. The smallest absolute Gasteiger partial charge is 0.246 e. The number of nitrogens with two attached hydrogens (primary N) is 1. The van der Waals surface area contributed by atoms with Crippen LogP contribution in [-0.2, 0) is 14.4 Å². The Balaban J connectivity index is 2.95. The summed E-state index contributed by atoms with van der Waals surface area (Å²) in [5, 5.41) is 5.64. The van der Waals surface area contributed by atoms with Gasteiger partial charge in [0.25, 0.3) is 0 Å². The molecule has 1 aliphatic heterocycles. The minimum atomic E-state index is -0.698. The fourth-order valence-electron chi connectivity index (χ4n) is 2.54. The lowest BCUT2D eigenvalue weighted by Gasteiger charge is -2.35. The van der Waals surface area contributed by atoms with Crippen LogP contribution in [0.4, 0.5) is 0 Å². The molecule has 0 saturated carbocycles. The number of hydrogen-bond acceptors (Lipinski definition) is 4.